The minimum absolute atomic E-state index is 0.295. The summed E-state index contributed by atoms with van der Waals surface area (Å²) in [6.45, 7) is 2.49. The number of benzene rings is 1. The summed E-state index contributed by atoms with van der Waals surface area (Å²) in [5.41, 5.74) is 2.81. The Morgan fingerprint density at radius 1 is 1.50 bits per heavy atom. The molecule has 0 N–H and O–H groups in total. The van der Waals surface area contributed by atoms with Crippen molar-refractivity contribution >= 4 is 12.0 Å². The molecule has 0 atom stereocenters. The van der Waals surface area contributed by atoms with Gasteiger partial charge >= 0.3 is 5.97 Å². The topological polar surface area (TPSA) is 35.5 Å². The van der Waals surface area contributed by atoms with Crippen LogP contribution in [0.25, 0.3) is 6.08 Å². The maximum atomic E-state index is 11.2. The minimum atomic E-state index is -0.295. The first-order valence-electron chi connectivity index (χ1n) is 5.23. The van der Waals surface area contributed by atoms with Crippen LogP contribution in [0.2, 0.25) is 0 Å². The van der Waals surface area contributed by atoms with Gasteiger partial charge in [0.2, 0.25) is 0 Å². The zero-order valence-corrected chi connectivity index (χ0v) is 9.45. The van der Waals surface area contributed by atoms with Crippen LogP contribution in [0.15, 0.2) is 23.8 Å². The highest BCUT2D eigenvalue weighted by atomic mass is 16.5. The molecule has 0 spiro atoms. The Morgan fingerprint density at radius 2 is 2.31 bits per heavy atom. The number of fused-ring (bicyclic) bond motifs is 1. The van der Waals surface area contributed by atoms with Crippen LogP contribution in [0.1, 0.15) is 18.1 Å². The van der Waals surface area contributed by atoms with E-state index in [-0.39, 0.29) is 5.97 Å². The van der Waals surface area contributed by atoms with Crippen LogP contribution in [0.3, 0.4) is 0 Å². The van der Waals surface area contributed by atoms with E-state index in [1.807, 2.05) is 18.2 Å². The molecule has 0 aliphatic carbocycles. The number of esters is 1. The molecular weight excluding hydrogens is 204 g/mol. The van der Waals surface area contributed by atoms with Crippen molar-refractivity contribution in [2.75, 3.05) is 13.7 Å². The van der Waals surface area contributed by atoms with Gasteiger partial charge in [-0.3, -0.25) is 0 Å². The van der Waals surface area contributed by atoms with Crippen molar-refractivity contribution in [3.05, 3.63) is 34.9 Å². The van der Waals surface area contributed by atoms with Gasteiger partial charge in [-0.05, 0) is 36.3 Å². The summed E-state index contributed by atoms with van der Waals surface area (Å²) < 4.78 is 10.1. The van der Waals surface area contributed by atoms with E-state index in [2.05, 4.69) is 10.8 Å². The molecule has 3 heteroatoms. The molecule has 0 bridgehead atoms. The number of hydrogen-bond acceptors (Lipinski definition) is 3. The lowest BCUT2D eigenvalue weighted by molar-refractivity contribution is -0.135. The molecule has 0 aromatic heterocycles. The van der Waals surface area contributed by atoms with Gasteiger partial charge in [-0.1, -0.05) is 6.07 Å². The summed E-state index contributed by atoms with van der Waals surface area (Å²) in [6, 6.07) is 5.93. The molecule has 0 unspecified atom stereocenters. The largest absolute Gasteiger partial charge is 0.493 e. The third-order valence-corrected chi connectivity index (χ3v) is 2.60. The number of carbonyl (C=O) groups excluding carboxylic acids is 1. The summed E-state index contributed by atoms with van der Waals surface area (Å²) in [4.78, 5) is 11.2. The highest BCUT2D eigenvalue weighted by molar-refractivity contribution is 5.92. The quantitative estimate of drug-likeness (QED) is 0.564. The molecule has 1 aromatic rings. The first-order chi connectivity index (χ1) is 7.70. The lowest BCUT2D eigenvalue weighted by atomic mass is 10.1. The first kappa shape index (κ1) is 10.7. The van der Waals surface area contributed by atoms with Crippen molar-refractivity contribution < 1.29 is 14.3 Å². The zero-order valence-electron chi connectivity index (χ0n) is 9.45. The molecule has 84 valence electrons. The van der Waals surface area contributed by atoms with E-state index in [4.69, 9.17) is 4.74 Å². The Balaban J connectivity index is 2.25. The molecule has 0 fully saturated rings. The van der Waals surface area contributed by atoms with Gasteiger partial charge in [0.25, 0.3) is 0 Å². The average Bonchev–Trinajstić information content (AvgIpc) is 2.75. The van der Waals surface area contributed by atoms with Gasteiger partial charge in [-0.15, -0.1) is 0 Å². The molecule has 1 aliphatic rings. The van der Waals surface area contributed by atoms with Crippen molar-refractivity contribution in [2.45, 2.75) is 13.3 Å². The fourth-order valence-corrected chi connectivity index (χ4v) is 1.77. The van der Waals surface area contributed by atoms with Crippen LogP contribution in [0, 0.1) is 0 Å². The molecule has 1 aliphatic heterocycles. The van der Waals surface area contributed by atoms with E-state index in [1.54, 1.807) is 6.92 Å². The molecule has 1 heterocycles. The van der Waals surface area contributed by atoms with Crippen molar-refractivity contribution in [2.24, 2.45) is 0 Å². The Kier molecular flexibility index (Phi) is 2.95. The van der Waals surface area contributed by atoms with Crippen LogP contribution < -0.4 is 4.74 Å². The number of rotatable bonds is 2. The number of methoxy groups -OCH3 is 1. The second-order valence-corrected chi connectivity index (χ2v) is 3.78. The van der Waals surface area contributed by atoms with Crippen LogP contribution in [0.4, 0.5) is 0 Å². The molecule has 0 saturated heterocycles. The van der Waals surface area contributed by atoms with Gasteiger partial charge in [0.15, 0.2) is 0 Å². The summed E-state index contributed by atoms with van der Waals surface area (Å²) in [6.07, 6.45) is 2.76. The fourth-order valence-electron chi connectivity index (χ4n) is 1.77. The molecule has 3 nitrogen and oxygen atoms in total. The van der Waals surface area contributed by atoms with Crippen molar-refractivity contribution in [3.8, 4) is 5.75 Å². The Labute approximate surface area is 94.7 Å². The summed E-state index contributed by atoms with van der Waals surface area (Å²) >= 11 is 0. The Morgan fingerprint density at radius 3 is 3.06 bits per heavy atom. The van der Waals surface area contributed by atoms with Crippen LogP contribution in [-0.2, 0) is 16.0 Å². The van der Waals surface area contributed by atoms with E-state index in [0.717, 1.165) is 24.3 Å². The highest BCUT2D eigenvalue weighted by Crippen LogP contribution is 2.26. The van der Waals surface area contributed by atoms with Gasteiger partial charge < -0.3 is 9.47 Å². The standard InChI is InChI=1S/C13H14O3/c1-9(13(14)15-2)7-10-3-4-12-11(8-10)5-6-16-12/h3-4,7-8H,5-6H2,1-2H3/b9-7+. The molecule has 2 rings (SSSR count). The lowest BCUT2D eigenvalue weighted by Crippen LogP contribution is -2.00. The number of ether oxygens (including phenoxy) is 2. The number of hydrogen-bond donors (Lipinski definition) is 0. The second-order valence-electron chi connectivity index (χ2n) is 3.78. The Bertz CT molecular complexity index is 446. The highest BCUT2D eigenvalue weighted by Gasteiger charge is 2.11. The maximum absolute atomic E-state index is 11.2. The molecule has 0 radical (unpaired) electrons. The number of carbonyl (C=O) groups is 1. The van der Waals surface area contributed by atoms with Crippen molar-refractivity contribution in [1.29, 1.82) is 0 Å². The first-order valence-corrected chi connectivity index (χ1v) is 5.23. The lowest BCUT2D eigenvalue weighted by Gasteiger charge is -2.02. The van der Waals surface area contributed by atoms with E-state index >= 15 is 0 Å². The monoisotopic (exact) mass is 218 g/mol. The van der Waals surface area contributed by atoms with Gasteiger partial charge in [-0.2, -0.15) is 0 Å². The van der Waals surface area contributed by atoms with Crippen molar-refractivity contribution in [1.82, 2.24) is 0 Å². The third-order valence-electron chi connectivity index (χ3n) is 2.60. The zero-order chi connectivity index (χ0) is 11.5. The van der Waals surface area contributed by atoms with E-state index in [0.29, 0.717) is 5.57 Å². The Hall–Kier alpha value is -1.77. The van der Waals surface area contributed by atoms with Gasteiger partial charge in [0, 0.05) is 12.0 Å². The van der Waals surface area contributed by atoms with Crippen LogP contribution in [0.5, 0.6) is 5.75 Å². The summed E-state index contributed by atoms with van der Waals surface area (Å²) in [7, 11) is 1.39. The predicted octanol–water partition coefficient (Wildman–Crippen LogP) is 2.20. The maximum Gasteiger partial charge on any atom is 0.333 e. The minimum Gasteiger partial charge on any atom is -0.493 e. The molecule has 1 aromatic carbocycles. The third kappa shape index (κ3) is 2.08. The fraction of sp³-hybridized carbons (Fsp3) is 0.308. The normalized spacial score (nSPS) is 14.2. The van der Waals surface area contributed by atoms with E-state index in [1.165, 1.54) is 12.7 Å². The van der Waals surface area contributed by atoms with E-state index in [9.17, 15) is 4.79 Å². The van der Waals surface area contributed by atoms with E-state index < -0.39 is 0 Å². The second kappa shape index (κ2) is 4.39. The van der Waals surface area contributed by atoms with Gasteiger partial charge in [-0.25, -0.2) is 4.79 Å². The molecule has 16 heavy (non-hydrogen) atoms. The molecule has 0 saturated carbocycles. The predicted molar refractivity (Wildman–Crippen MR) is 61.3 cm³/mol. The molecular formula is C13H14O3. The van der Waals surface area contributed by atoms with Crippen LogP contribution >= 0.6 is 0 Å². The molecule has 0 amide bonds. The smallest absolute Gasteiger partial charge is 0.333 e. The summed E-state index contributed by atoms with van der Waals surface area (Å²) in [5.74, 6) is 0.657. The van der Waals surface area contributed by atoms with Gasteiger partial charge in [0.1, 0.15) is 5.75 Å². The van der Waals surface area contributed by atoms with Gasteiger partial charge in [0.05, 0.1) is 13.7 Å². The SMILES string of the molecule is COC(=O)/C(C)=C/c1ccc2c(c1)CCO2. The van der Waals surface area contributed by atoms with Crippen LogP contribution in [-0.4, -0.2) is 19.7 Å². The average molecular weight is 218 g/mol. The summed E-state index contributed by atoms with van der Waals surface area (Å²) in [5, 5.41) is 0. The van der Waals surface area contributed by atoms with Crippen molar-refractivity contribution in [3.63, 3.8) is 0 Å².